The predicted molar refractivity (Wildman–Crippen MR) is 114 cm³/mol. The van der Waals surface area contributed by atoms with E-state index in [1.54, 1.807) is 34.8 Å². The first-order valence-corrected chi connectivity index (χ1v) is 10.9. The fourth-order valence-electron chi connectivity index (χ4n) is 3.14. The number of carbonyl (C=O) groups is 2. The minimum atomic E-state index is -0.181. The molecule has 0 fully saturated rings. The first-order valence-electron chi connectivity index (χ1n) is 9.10. The van der Waals surface area contributed by atoms with E-state index in [0.717, 1.165) is 0 Å². The van der Waals surface area contributed by atoms with Gasteiger partial charge in [0.15, 0.2) is 17.3 Å². The number of nitrogens with one attached hydrogen (secondary N) is 1. The molecular weight excluding hydrogens is 408 g/mol. The zero-order chi connectivity index (χ0) is 20.2. The molecule has 2 aromatic heterocycles. The van der Waals surface area contributed by atoms with E-state index >= 15 is 0 Å². The van der Waals surface area contributed by atoms with E-state index in [1.165, 1.54) is 16.7 Å². The molecular formula is C21H20N2O4S2. The highest BCUT2D eigenvalue weighted by Gasteiger charge is 2.21. The molecule has 0 unspecified atom stereocenters. The Morgan fingerprint density at radius 2 is 1.66 bits per heavy atom. The molecule has 1 N–H and O–H groups in total. The van der Waals surface area contributed by atoms with Crippen LogP contribution in [0, 0.1) is 0 Å². The van der Waals surface area contributed by atoms with Crippen LogP contribution < -0.4 is 14.8 Å². The molecule has 0 bridgehead atoms. The lowest BCUT2D eigenvalue weighted by atomic mass is 10.1. The van der Waals surface area contributed by atoms with Crippen LogP contribution in [0.2, 0.25) is 0 Å². The maximum Gasteiger partial charge on any atom is 0.238 e. The largest absolute Gasteiger partial charge is 0.454 e. The van der Waals surface area contributed by atoms with E-state index in [0.29, 0.717) is 35.8 Å². The summed E-state index contributed by atoms with van der Waals surface area (Å²) < 4.78 is 10.7. The van der Waals surface area contributed by atoms with Crippen molar-refractivity contribution in [3.63, 3.8) is 0 Å². The third-order valence-corrected chi connectivity index (χ3v) is 6.17. The summed E-state index contributed by atoms with van der Waals surface area (Å²) in [5.41, 5.74) is 0.851. The van der Waals surface area contributed by atoms with Crippen LogP contribution in [-0.2, 0) is 17.9 Å². The topological polar surface area (TPSA) is 67.9 Å². The standard InChI is InChI=1S/C21H20N2O4S2/c1-14(24)17-8-19-20(27-13-26-19)9-18(17)22-21(25)12-23(10-15-4-2-6-28-15)11-16-5-3-7-29-16/h2-9H,10-13H2,1H3,(H,22,25). The number of ketones is 1. The number of ether oxygens (including phenoxy) is 2. The van der Waals surface area contributed by atoms with Gasteiger partial charge in [-0.3, -0.25) is 14.5 Å². The number of hydrogen-bond acceptors (Lipinski definition) is 7. The molecule has 0 saturated carbocycles. The number of anilines is 1. The fraction of sp³-hybridized carbons (Fsp3) is 0.238. The van der Waals surface area contributed by atoms with Crippen LogP contribution in [0.5, 0.6) is 11.5 Å². The summed E-state index contributed by atoms with van der Waals surface area (Å²) in [5.74, 6) is 0.719. The van der Waals surface area contributed by atoms with Crippen molar-refractivity contribution in [2.45, 2.75) is 20.0 Å². The minimum absolute atomic E-state index is 0.111. The second-order valence-corrected chi connectivity index (χ2v) is 8.72. The smallest absolute Gasteiger partial charge is 0.238 e. The van der Waals surface area contributed by atoms with E-state index in [-0.39, 0.29) is 25.0 Å². The Kier molecular flexibility index (Phi) is 5.94. The van der Waals surface area contributed by atoms with Gasteiger partial charge in [0, 0.05) is 34.5 Å². The van der Waals surface area contributed by atoms with Crippen LogP contribution in [0.4, 0.5) is 5.69 Å². The maximum atomic E-state index is 12.8. The summed E-state index contributed by atoms with van der Waals surface area (Å²) in [6.45, 7) is 3.15. The average molecular weight is 429 g/mol. The van der Waals surface area contributed by atoms with E-state index in [2.05, 4.69) is 22.3 Å². The number of fused-ring (bicyclic) bond motifs is 1. The third-order valence-electron chi connectivity index (χ3n) is 4.45. The summed E-state index contributed by atoms with van der Waals surface area (Å²) >= 11 is 3.34. The van der Waals surface area contributed by atoms with Crippen LogP contribution in [0.1, 0.15) is 27.0 Å². The molecule has 1 aliphatic rings. The molecule has 6 nitrogen and oxygen atoms in total. The molecule has 4 rings (SSSR count). The molecule has 0 aliphatic carbocycles. The molecule has 150 valence electrons. The highest BCUT2D eigenvalue weighted by molar-refractivity contribution is 7.10. The normalized spacial score (nSPS) is 12.3. The Balaban J connectivity index is 1.49. The lowest BCUT2D eigenvalue weighted by Gasteiger charge is -2.21. The van der Waals surface area contributed by atoms with Gasteiger partial charge in [0.05, 0.1) is 12.2 Å². The van der Waals surface area contributed by atoms with Gasteiger partial charge >= 0.3 is 0 Å². The van der Waals surface area contributed by atoms with E-state index in [4.69, 9.17) is 9.47 Å². The first-order chi connectivity index (χ1) is 14.1. The second kappa shape index (κ2) is 8.77. The van der Waals surface area contributed by atoms with Gasteiger partial charge in [0.1, 0.15) is 0 Å². The first kappa shape index (κ1) is 19.6. The fourth-order valence-corrected chi connectivity index (χ4v) is 4.64. The summed E-state index contributed by atoms with van der Waals surface area (Å²) in [6.07, 6.45) is 0. The molecule has 3 aromatic rings. The van der Waals surface area contributed by atoms with Gasteiger partial charge in [-0.1, -0.05) is 12.1 Å². The highest BCUT2D eigenvalue weighted by Crippen LogP contribution is 2.37. The zero-order valence-electron chi connectivity index (χ0n) is 15.8. The van der Waals surface area contributed by atoms with Crippen LogP contribution in [0.25, 0.3) is 0 Å². The quantitative estimate of drug-likeness (QED) is 0.539. The molecule has 0 saturated heterocycles. The summed E-state index contributed by atoms with van der Waals surface area (Å²) in [4.78, 5) is 29.3. The molecule has 1 aliphatic heterocycles. The Morgan fingerprint density at radius 3 is 2.21 bits per heavy atom. The monoisotopic (exact) mass is 428 g/mol. The molecule has 1 aromatic carbocycles. The van der Waals surface area contributed by atoms with Crippen molar-refractivity contribution >= 4 is 40.1 Å². The number of rotatable bonds is 8. The van der Waals surface area contributed by atoms with Gasteiger partial charge < -0.3 is 14.8 Å². The van der Waals surface area contributed by atoms with Crippen LogP contribution >= 0.6 is 22.7 Å². The molecule has 3 heterocycles. The number of hydrogen-bond donors (Lipinski definition) is 1. The van der Waals surface area contributed by atoms with Gasteiger partial charge in [-0.25, -0.2) is 0 Å². The van der Waals surface area contributed by atoms with Crippen LogP contribution in [0.3, 0.4) is 0 Å². The van der Waals surface area contributed by atoms with Gasteiger partial charge in [0.2, 0.25) is 12.7 Å². The summed E-state index contributed by atoms with van der Waals surface area (Å²) in [5, 5.41) is 6.95. The third kappa shape index (κ3) is 4.84. The molecule has 0 radical (unpaired) electrons. The van der Waals surface area contributed by atoms with Crippen molar-refractivity contribution in [3.05, 3.63) is 62.5 Å². The lowest BCUT2D eigenvalue weighted by molar-refractivity contribution is -0.117. The maximum absolute atomic E-state index is 12.8. The Morgan fingerprint density at radius 1 is 1.03 bits per heavy atom. The van der Waals surface area contributed by atoms with Crippen molar-refractivity contribution < 1.29 is 19.1 Å². The van der Waals surface area contributed by atoms with E-state index in [9.17, 15) is 9.59 Å². The molecule has 8 heteroatoms. The molecule has 0 atom stereocenters. The number of Topliss-reactive ketones (excluding diaryl/α,β-unsaturated/α-hetero) is 1. The highest BCUT2D eigenvalue weighted by atomic mass is 32.1. The van der Waals surface area contributed by atoms with Crippen molar-refractivity contribution in [1.82, 2.24) is 4.90 Å². The second-order valence-electron chi connectivity index (χ2n) is 6.66. The number of nitrogens with zero attached hydrogens (tertiary/aromatic N) is 1. The summed E-state index contributed by atoms with van der Waals surface area (Å²) in [7, 11) is 0. The van der Waals surface area contributed by atoms with Crippen LogP contribution in [0.15, 0.2) is 47.2 Å². The number of thiophene rings is 2. The Labute approximate surface area is 176 Å². The minimum Gasteiger partial charge on any atom is -0.454 e. The molecule has 0 spiro atoms. The average Bonchev–Trinajstić information content (AvgIpc) is 3.43. The SMILES string of the molecule is CC(=O)c1cc2c(cc1NC(=O)CN(Cc1cccs1)Cc1cccs1)OCO2. The Bertz CT molecular complexity index is 964. The number of carbonyl (C=O) groups excluding carboxylic acids is 2. The van der Waals surface area contributed by atoms with Gasteiger partial charge in [-0.15, -0.1) is 22.7 Å². The van der Waals surface area contributed by atoms with Crippen molar-refractivity contribution in [3.8, 4) is 11.5 Å². The molecule has 1 amide bonds. The van der Waals surface area contributed by atoms with Crippen LogP contribution in [-0.4, -0.2) is 29.9 Å². The molecule has 29 heavy (non-hydrogen) atoms. The van der Waals surface area contributed by atoms with Crippen molar-refractivity contribution in [2.75, 3.05) is 18.7 Å². The predicted octanol–water partition coefficient (Wildman–Crippen LogP) is 4.38. The van der Waals surface area contributed by atoms with Crippen molar-refractivity contribution in [1.29, 1.82) is 0 Å². The number of benzene rings is 1. The van der Waals surface area contributed by atoms with E-state index in [1.807, 2.05) is 22.9 Å². The van der Waals surface area contributed by atoms with Gasteiger partial charge in [-0.05, 0) is 35.9 Å². The van der Waals surface area contributed by atoms with Gasteiger partial charge in [-0.2, -0.15) is 0 Å². The number of amides is 1. The lowest BCUT2D eigenvalue weighted by Crippen LogP contribution is -2.32. The van der Waals surface area contributed by atoms with E-state index < -0.39 is 0 Å². The zero-order valence-corrected chi connectivity index (χ0v) is 17.5. The van der Waals surface area contributed by atoms with Crippen molar-refractivity contribution in [2.24, 2.45) is 0 Å². The Hall–Kier alpha value is -2.68. The summed E-state index contributed by atoms with van der Waals surface area (Å²) in [6, 6.07) is 11.4. The van der Waals surface area contributed by atoms with Gasteiger partial charge in [0.25, 0.3) is 0 Å².